The van der Waals surface area contributed by atoms with Gasteiger partial charge in [0.25, 0.3) is 0 Å². The van der Waals surface area contributed by atoms with E-state index in [2.05, 4.69) is 13.8 Å². The summed E-state index contributed by atoms with van der Waals surface area (Å²) in [5, 5.41) is 0. The van der Waals surface area contributed by atoms with Gasteiger partial charge in [0.2, 0.25) is 0 Å². The van der Waals surface area contributed by atoms with Gasteiger partial charge in [-0.25, -0.2) is 0 Å². The molecular weight excluding hydrogens is 260 g/mol. The van der Waals surface area contributed by atoms with Crippen LogP contribution in [0.15, 0.2) is 11.6 Å². The summed E-state index contributed by atoms with van der Waals surface area (Å²) in [5.74, 6) is 2.96. The van der Waals surface area contributed by atoms with Crippen LogP contribution in [0.25, 0.3) is 0 Å². The van der Waals surface area contributed by atoms with Gasteiger partial charge in [-0.1, -0.05) is 19.4 Å². The van der Waals surface area contributed by atoms with Crippen LogP contribution in [-0.4, -0.2) is 18.0 Å². The quantitative estimate of drug-likeness (QED) is 0.632. The van der Waals surface area contributed by atoms with Gasteiger partial charge in [0.05, 0.1) is 12.2 Å². The van der Waals surface area contributed by atoms with Gasteiger partial charge in [0.1, 0.15) is 0 Å². The molecular formula is C19H26O2. The maximum atomic E-state index is 11.8. The van der Waals surface area contributed by atoms with Crippen molar-refractivity contribution in [2.45, 2.75) is 71.0 Å². The Labute approximate surface area is 127 Å². The van der Waals surface area contributed by atoms with Crippen molar-refractivity contribution in [2.24, 2.45) is 28.6 Å². The Balaban J connectivity index is 1.51. The number of rotatable bonds is 0. The van der Waals surface area contributed by atoms with Crippen molar-refractivity contribution in [2.75, 3.05) is 0 Å². The van der Waals surface area contributed by atoms with Crippen molar-refractivity contribution >= 4 is 5.78 Å². The predicted octanol–water partition coefficient (Wildman–Crippen LogP) is 3.90. The van der Waals surface area contributed by atoms with Gasteiger partial charge in [-0.3, -0.25) is 4.79 Å². The highest BCUT2D eigenvalue weighted by molar-refractivity contribution is 5.91. The summed E-state index contributed by atoms with van der Waals surface area (Å²) in [7, 11) is 0. The van der Waals surface area contributed by atoms with Crippen LogP contribution >= 0.6 is 0 Å². The molecule has 5 rings (SSSR count). The highest BCUT2D eigenvalue weighted by atomic mass is 16.6. The molecule has 21 heavy (non-hydrogen) atoms. The number of hydrogen-bond acceptors (Lipinski definition) is 2. The number of allylic oxidation sites excluding steroid dienone is 1. The van der Waals surface area contributed by atoms with E-state index in [9.17, 15) is 4.79 Å². The van der Waals surface area contributed by atoms with Gasteiger partial charge < -0.3 is 4.74 Å². The Morgan fingerprint density at radius 3 is 2.86 bits per heavy atom. The van der Waals surface area contributed by atoms with Gasteiger partial charge in [-0.2, -0.15) is 0 Å². The van der Waals surface area contributed by atoms with Crippen LogP contribution in [0.2, 0.25) is 0 Å². The van der Waals surface area contributed by atoms with E-state index in [4.69, 9.17) is 4.74 Å². The van der Waals surface area contributed by atoms with Gasteiger partial charge in [-0.05, 0) is 73.2 Å². The number of carbonyl (C=O) groups is 1. The zero-order chi connectivity index (χ0) is 14.4. The monoisotopic (exact) mass is 286 g/mol. The lowest BCUT2D eigenvalue weighted by Crippen LogP contribution is -2.50. The molecule has 0 bridgehead atoms. The molecule has 4 aliphatic carbocycles. The van der Waals surface area contributed by atoms with Gasteiger partial charge in [-0.15, -0.1) is 0 Å². The molecule has 0 unspecified atom stereocenters. The normalized spacial score (nSPS) is 57.7. The fraction of sp³-hybridized carbons (Fsp3) is 0.842. The molecule has 2 nitrogen and oxygen atoms in total. The molecule has 0 aromatic rings. The largest absolute Gasteiger partial charge is 0.369 e. The summed E-state index contributed by atoms with van der Waals surface area (Å²) in [6.45, 7) is 4.97. The van der Waals surface area contributed by atoms with Crippen LogP contribution in [0.5, 0.6) is 0 Å². The molecule has 0 aromatic heterocycles. The van der Waals surface area contributed by atoms with E-state index in [1.165, 1.54) is 37.7 Å². The van der Waals surface area contributed by atoms with Crippen molar-refractivity contribution in [3.05, 3.63) is 11.6 Å². The third kappa shape index (κ3) is 1.50. The lowest BCUT2D eigenvalue weighted by atomic mass is 9.47. The standard InChI is InChI=1S/C19H26O2/c1-18-7-5-12(20)9-11(18)3-4-13-14(18)6-8-19(2)15(13)10-16-17(19)21-16/h9,13-17H,3-8,10H2,1-2H3/t13-,14+,15+,16-,17-,18+,19-/m1/s1. The Bertz CT molecular complexity index is 550. The highest BCUT2D eigenvalue weighted by Gasteiger charge is 2.67. The SMILES string of the molecule is C[C@@]12CC[C@H]3[C@@H](CCC4=CC(=O)CC[C@@]43C)[C@@H]1C[C@H]1O[C@H]12. The van der Waals surface area contributed by atoms with Crippen LogP contribution in [-0.2, 0) is 9.53 Å². The maximum Gasteiger partial charge on any atom is 0.155 e. The summed E-state index contributed by atoms with van der Waals surface area (Å²) in [6, 6.07) is 0. The van der Waals surface area contributed by atoms with E-state index in [0.29, 0.717) is 28.8 Å². The van der Waals surface area contributed by atoms with Crippen LogP contribution in [0.4, 0.5) is 0 Å². The van der Waals surface area contributed by atoms with E-state index in [1.807, 2.05) is 6.08 Å². The van der Waals surface area contributed by atoms with Crippen LogP contribution in [0.1, 0.15) is 58.8 Å². The minimum atomic E-state index is 0.325. The molecule has 0 N–H and O–H groups in total. The third-order valence-corrected chi connectivity index (χ3v) is 8.12. The first kappa shape index (κ1) is 12.9. The molecule has 1 heterocycles. The first-order valence-electron chi connectivity index (χ1n) is 8.92. The Morgan fingerprint density at radius 2 is 2.00 bits per heavy atom. The van der Waals surface area contributed by atoms with E-state index in [-0.39, 0.29) is 0 Å². The third-order valence-electron chi connectivity index (χ3n) is 8.12. The summed E-state index contributed by atoms with van der Waals surface area (Å²) in [5.41, 5.74) is 2.28. The second kappa shape index (κ2) is 3.82. The molecule has 1 aliphatic heterocycles. The fourth-order valence-electron chi connectivity index (χ4n) is 6.86. The van der Waals surface area contributed by atoms with Crippen molar-refractivity contribution in [3.63, 3.8) is 0 Å². The first-order valence-corrected chi connectivity index (χ1v) is 8.92. The predicted molar refractivity (Wildman–Crippen MR) is 80.8 cm³/mol. The summed E-state index contributed by atoms with van der Waals surface area (Å²) in [6.07, 6.45) is 11.6. The van der Waals surface area contributed by atoms with E-state index >= 15 is 0 Å². The Kier molecular flexibility index (Phi) is 2.34. The van der Waals surface area contributed by atoms with Gasteiger partial charge in [0.15, 0.2) is 5.78 Å². The van der Waals surface area contributed by atoms with Crippen LogP contribution in [0.3, 0.4) is 0 Å². The number of fused-ring (bicyclic) bond motifs is 7. The Hall–Kier alpha value is -0.630. The van der Waals surface area contributed by atoms with Gasteiger partial charge >= 0.3 is 0 Å². The zero-order valence-electron chi connectivity index (χ0n) is 13.2. The lowest BCUT2D eigenvalue weighted by molar-refractivity contribution is -0.117. The average Bonchev–Trinajstić information content (AvgIpc) is 3.17. The van der Waals surface area contributed by atoms with Crippen LogP contribution in [0, 0.1) is 28.6 Å². The number of carbonyl (C=O) groups excluding carboxylic acids is 1. The van der Waals surface area contributed by atoms with Crippen molar-refractivity contribution in [1.29, 1.82) is 0 Å². The number of ether oxygens (including phenoxy) is 1. The van der Waals surface area contributed by atoms with Crippen molar-refractivity contribution < 1.29 is 9.53 Å². The number of ketones is 1. The topological polar surface area (TPSA) is 29.6 Å². The number of hydrogen-bond donors (Lipinski definition) is 0. The van der Waals surface area contributed by atoms with E-state index < -0.39 is 0 Å². The zero-order valence-corrected chi connectivity index (χ0v) is 13.2. The summed E-state index contributed by atoms with van der Waals surface area (Å²) >= 11 is 0. The van der Waals surface area contributed by atoms with E-state index in [0.717, 1.165) is 30.6 Å². The van der Waals surface area contributed by atoms with Crippen molar-refractivity contribution in [1.82, 2.24) is 0 Å². The second-order valence-corrected chi connectivity index (χ2v) is 8.84. The molecule has 3 saturated carbocycles. The van der Waals surface area contributed by atoms with Crippen LogP contribution < -0.4 is 0 Å². The Morgan fingerprint density at radius 1 is 1.14 bits per heavy atom. The maximum absolute atomic E-state index is 11.8. The first-order chi connectivity index (χ1) is 10.0. The molecule has 114 valence electrons. The molecule has 0 aromatic carbocycles. The molecule has 5 aliphatic rings. The van der Waals surface area contributed by atoms with E-state index in [1.54, 1.807) is 0 Å². The molecule has 0 radical (unpaired) electrons. The summed E-state index contributed by atoms with van der Waals surface area (Å²) < 4.78 is 5.89. The van der Waals surface area contributed by atoms with Gasteiger partial charge in [0, 0.05) is 6.42 Å². The molecule has 4 fully saturated rings. The fourth-order valence-corrected chi connectivity index (χ4v) is 6.86. The molecule has 0 amide bonds. The highest BCUT2D eigenvalue weighted by Crippen LogP contribution is 2.68. The molecule has 7 atom stereocenters. The minimum Gasteiger partial charge on any atom is -0.369 e. The molecule has 1 saturated heterocycles. The smallest absolute Gasteiger partial charge is 0.155 e. The van der Waals surface area contributed by atoms with Crippen molar-refractivity contribution in [3.8, 4) is 0 Å². The summed E-state index contributed by atoms with van der Waals surface area (Å²) in [4.78, 5) is 11.8. The lowest BCUT2D eigenvalue weighted by Gasteiger charge is -2.57. The minimum absolute atomic E-state index is 0.325. The number of epoxide rings is 1. The molecule has 0 spiro atoms. The second-order valence-electron chi connectivity index (χ2n) is 8.84. The average molecular weight is 286 g/mol. The molecule has 2 heteroatoms.